The van der Waals surface area contributed by atoms with E-state index < -0.39 is 6.10 Å². The molecule has 2 rings (SSSR count). The highest BCUT2D eigenvalue weighted by molar-refractivity contribution is 5.92. The van der Waals surface area contributed by atoms with Crippen molar-refractivity contribution in [1.29, 1.82) is 0 Å². The van der Waals surface area contributed by atoms with Crippen molar-refractivity contribution >= 4 is 5.91 Å². The van der Waals surface area contributed by atoms with Gasteiger partial charge in [-0.2, -0.15) is 0 Å². The van der Waals surface area contributed by atoms with E-state index in [0.29, 0.717) is 0 Å². The number of aromatic amines is 1. The minimum atomic E-state index is -0.494. The van der Waals surface area contributed by atoms with Gasteiger partial charge in [-0.15, -0.1) is 0 Å². The zero-order valence-corrected chi connectivity index (χ0v) is 10.2. The largest absolute Gasteiger partial charge is 0.391 e. The maximum Gasteiger partial charge on any atom is 0.268 e. The van der Waals surface area contributed by atoms with Crippen LogP contribution in [0.3, 0.4) is 0 Å². The number of aliphatic hydroxyl groups is 1. The second-order valence-electron chi connectivity index (χ2n) is 4.71. The van der Waals surface area contributed by atoms with Gasteiger partial charge in [-0.3, -0.25) is 9.59 Å². The van der Waals surface area contributed by atoms with E-state index in [2.05, 4.69) is 10.3 Å². The smallest absolute Gasteiger partial charge is 0.268 e. The summed E-state index contributed by atoms with van der Waals surface area (Å²) in [7, 11) is 0. The van der Waals surface area contributed by atoms with Crippen LogP contribution in [0.5, 0.6) is 0 Å². The third kappa shape index (κ3) is 3.20. The average molecular weight is 250 g/mol. The van der Waals surface area contributed by atoms with Crippen LogP contribution in [0.15, 0.2) is 23.0 Å². The van der Waals surface area contributed by atoms with E-state index in [4.69, 9.17) is 0 Å². The fourth-order valence-electron chi connectivity index (χ4n) is 2.28. The van der Waals surface area contributed by atoms with Crippen LogP contribution in [0.4, 0.5) is 0 Å². The highest BCUT2D eigenvalue weighted by atomic mass is 16.3. The normalized spacial score (nSPS) is 24.3. The summed E-state index contributed by atoms with van der Waals surface area (Å²) in [4.78, 5) is 25.5. The van der Waals surface area contributed by atoms with E-state index in [1.54, 1.807) is 6.07 Å². The lowest BCUT2D eigenvalue weighted by Gasteiger charge is -2.21. The molecule has 5 heteroatoms. The first-order valence-corrected chi connectivity index (χ1v) is 6.35. The minimum Gasteiger partial charge on any atom is -0.391 e. The second kappa shape index (κ2) is 5.82. The lowest BCUT2D eigenvalue weighted by atomic mass is 10.1. The first-order chi connectivity index (χ1) is 8.66. The van der Waals surface area contributed by atoms with Crippen LogP contribution in [0.2, 0.25) is 0 Å². The molecular weight excluding hydrogens is 232 g/mol. The molecule has 3 N–H and O–H groups in total. The van der Waals surface area contributed by atoms with Crippen molar-refractivity contribution in [3.8, 4) is 0 Å². The van der Waals surface area contributed by atoms with Crippen LogP contribution < -0.4 is 10.9 Å². The molecule has 2 atom stereocenters. The molecule has 2 unspecified atom stereocenters. The van der Waals surface area contributed by atoms with Crippen LogP contribution in [0.25, 0.3) is 0 Å². The van der Waals surface area contributed by atoms with E-state index in [0.717, 1.165) is 32.1 Å². The Labute approximate surface area is 105 Å². The lowest BCUT2D eigenvalue weighted by molar-refractivity contribution is 0.0814. The van der Waals surface area contributed by atoms with Crippen LogP contribution in [-0.2, 0) is 0 Å². The number of aromatic nitrogens is 1. The van der Waals surface area contributed by atoms with Crippen molar-refractivity contribution in [3.05, 3.63) is 34.2 Å². The molecule has 0 aliphatic heterocycles. The molecule has 0 bridgehead atoms. The van der Waals surface area contributed by atoms with Crippen molar-refractivity contribution in [2.75, 3.05) is 0 Å². The van der Waals surface area contributed by atoms with Crippen molar-refractivity contribution in [1.82, 2.24) is 10.3 Å². The van der Waals surface area contributed by atoms with Gasteiger partial charge in [0.05, 0.1) is 12.1 Å². The van der Waals surface area contributed by atoms with Gasteiger partial charge >= 0.3 is 0 Å². The molecule has 1 amide bonds. The SMILES string of the molecule is O=C(NC1CCCCCC1O)c1cccc(=O)[nH]1. The number of nitrogens with one attached hydrogen (secondary N) is 2. The van der Waals surface area contributed by atoms with Crippen molar-refractivity contribution in [2.24, 2.45) is 0 Å². The standard InChI is InChI=1S/C13H18N2O3/c16-11-7-3-1-2-5-9(11)15-13(18)10-6-4-8-12(17)14-10/h4,6,8-9,11,16H,1-3,5,7H2,(H,14,17)(H,15,18). The third-order valence-electron chi connectivity index (χ3n) is 3.31. The van der Waals surface area contributed by atoms with E-state index in [-0.39, 0.29) is 23.2 Å². The van der Waals surface area contributed by atoms with Gasteiger partial charge in [0.15, 0.2) is 0 Å². The number of H-pyrrole nitrogens is 1. The molecule has 5 nitrogen and oxygen atoms in total. The van der Waals surface area contributed by atoms with Gasteiger partial charge in [0.25, 0.3) is 5.91 Å². The lowest BCUT2D eigenvalue weighted by Crippen LogP contribution is -2.43. The first-order valence-electron chi connectivity index (χ1n) is 6.35. The second-order valence-corrected chi connectivity index (χ2v) is 4.71. The van der Waals surface area contributed by atoms with E-state index in [1.807, 2.05) is 0 Å². The van der Waals surface area contributed by atoms with Gasteiger partial charge in [-0.25, -0.2) is 0 Å². The molecule has 1 fully saturated rings. The summed E-state index contributed by atoms with van der Waals surface area (Å²) < 4.78 is 0. The summed E-state index contributed by atoms with van der Waals surface area (Å²) in [6.07, 6.45) is 4.10. The molecule has 1 aliphatic rings. The maximum absolute atomic E-state index is 11.9. The number of aliphatic hydroxyl groups excluding tert-OH is 1. The zero-order valence-electron chi connectivity index (χ0n) is 10.2. The molecule has 0 spiro atoms. The molecule has 1 aromatic heterocycles. The number of hydrogen-bond acceptors (Lipinski definition) is 3. The molecule has 0 radical (unpaired) electrons. The average Bonchev–Trinajstić information content (AvgIpc) is 2.55. The zero-order chi connectivity index (χ0) is 13.0. The van der Waals surface area contributed by atoms with E-state index in [1.165, 1.54) is 12.1 Å². The number of carbonyl (C=O) groups is 1. The molecule has 98 valence electrons. The summed E-state index contributed by atoms with van der Waals surface area (Å²) >= 11 is 0. The Kier molecular flexibility index (Phi) is 4.15. The Morgan fingerprint density at radius 3 is 2.83 bits per heavy atom. The van der Waals surface area contributed by atoms with Crippen LogP contribution in [-0.4, -0.2) is 28.1 Å². The van der Waals surface area contributed by atoms with Gasteiger partial charge in [0, 0.05) is 6.07 Å². The predicted molar refractivity (Wildman–Crippen MR) is 67.4 cm³/mol. The number of hydrogen-bond donors (Lipinski definition) is 3. The molecule has 1 heterocycles. The first kappa shape index (κ1) is 12.8. The number of carbonyl (C=O) groups excluding carboxylic acids is 1. The van der Waals surface area contributed by atoms with Gasteiger partial charge < -0.3 is 15.4 Å². The summed E-state index contributed by atoms with van der Waals surface area (Å²) in [6, 6.07) is 4.23. The Balaban J connectivity index is 2.04. The molecule has 1 saturated carbocycles. The van der Waals surface area contributed by atoms with Crippen LogP contribution in [0, 0.1) is 0 Å². The Morgan fingerprint density at radius 1 is 1.28 bits per heavy atom. The molecular formula is C13H18N2O3. The predicted octanol–water partition coefficient (Wildman–Crippen LogP) is 0.798. The summed E-state index contributed by atoms with van der Waals surface area (Å²) in [5.41, 5.74) is -0.0667. The fourth-order valence-corrected chi connectivity index (χ4v) is 2.28. The fraction of sp³-hybridized carbons (Fsp3) is 0.538. The minimum absolute atomic E-state index is 0.219. The van der Waals surface area contributed by atoms with Crippen molar-refractivity contribution < 1.29 is 9.90 Å². The summed E-state index contributed by atoms with van der Waals surface area (Å²) in [5, 5.41) is 12.7. The summed E-state index contributed by atoms with van der Waals surface area (Å²) in [5.74, 6) is -0.335. The van der Waals surface area contributed by atoms with Gasteiger partial charge in [0.2, 0.25) is 5.56 Å². The van der Waals surface area contributed by atoms with Crippen LogP contribution >= 0.6 is 0 Å². The number of pyridine rings is 1. The summed E-state index contributed by atoms with van der Waals surface area (Å²) in [6.45, 7) is 0. The van der Waals surface area contributed by atoms with Gasteiger partial charge in [-0.05, 0) is 18.9 Å². The van der Waals surface area contributed by atoms with E-state index in [9.17, 15) is 14.7 Å². The Hall–Kier alpha value is -1.62. The maximum atomic E-state index is 11.9. The number of rotatable bonds is 2. The highest BCUT2D eigenvalue weighted by Crippen LogP contribution is 2.18. The monoisotopic (exact) mass is 250 g/mol. The van der Waals surface area contributed by atoms with Crippen molar-refractivity contribution in [3.63, 3.8) is 0 Å². The number of amides is 1. The quantitative estimate of drug-likeness (QED) is 0.679. The Bertz CT molecular complexity index is 469. The Morgan fingerprint density at radius 2 is 2.06 bits per heavy atom. The van der Waals surface area contributed by atoms with Crippen LogP contribution in [0.1, 0.15) is 42.6 Å². The molecule has 18 heavy (non-hydrogen) atoms. The molecule has 1 aromatic rings. The van der Waals surface area contributed by atoms with Gasteiger partial charge in [-0.1, -0.05) is 25.3 Å². The molecule has 0 aromatic carbocycles. The third-order valence-corrected chi connectivity index (χ3v) is 3.31. The van der Waals surface area contributed by atoms with E-state index >= 15 is 0 Å². The molecule has 0 saturated heterocycles. The van der Waals surface area contributed by atoms with Gasteiger partial charge in [0.1, 0.15) is 5.69 Å². The molecule has 1 aliphatic carbocycles. The van der Waals surface area contributed by atoms with Crippen molar-refractivity contribution in [2.45, 2.75) is 44.2 Å². The highest BCUT2D eigenvalue weighted by Gasteiger charge is 2.23. The topological polar surface area (TPSA) is 82.2 Å².